The van der Waals surface area contributed by atoms with Crippen molar-refractivity contribution < 1.29 is 8.78 Å². The van der Waals surface area contributed by atoms with E-state index in [1.165, 1.54) is 6.07 Å². The Hall–Kier alpha value is -1.71. The normalized spacial score (nSPS) is 10.9. The fraction of sp³-hybridized carbons (Fsp3) is 0.357. The summed E-state index contributed by atoms with van der Waals surface area (Å²) in [5.74, 6) is -0.879. The molecule has 4 heteroatoms. The largest absolute Gasteiger partial charge is 0.385 e. The van der Waals surface area contributed by atoms with E-state index in [1.807, 2.05) is 13.8 Å². The van der Waals surface area contributed by atoms with E-state index in [0.717, 1.165) is 5.69 Å². The molecule has 0 saturated heterocycles. The molecular formula is C14H16F2N2. The van der Waals surface area contributed by atoms with Crippen LogP contribution >= 0.6 is 0 Å². The zero-order valence-corrected chi connectivity index (χ0v) is 10.8. The third kappa shape index (κ3) is 2.03. The topological polar surface area (TPSA) is 24.9 Å². The Bertz CT molecular complexity index is 594. The van der Waals surface area contributed by atoms with Crippen LogP contribution in [0.2, 0.25) is 0 Å². The quantitative estimate of drug-likeness (QED) is 0.895. The van der Waals surface area contributed by atoms with Crippen molar-refractivity contribution in [3.05, 3.63) is 35.0 Å². The Labute approximate surface area is 105 Å². The van der Waals surface area contributed by atoms with Crippen molar-refractivity contribution in [3.63, 3.8) is 0 Å². The van der Waals surface area contributed by atoms with Gasteiger partial charge in [-0.25, -0.2) is 13.8 Å². The number of nitrogens with one attached hydrogen (secondary N) is 1. The fourth-order valence-corrected chi connectivity index (χ4v) is 2.02. The zero-order valence-electron chi connectivity index (χ0n) is 10.8. The number of anilines is 1. The summed E-state index contributed by atoms with van der Waals surface area (Å²) < 4.78 is 28.1. The number of nitrogens with zero attached hydrogens (tertiary/aromatic N) is 1. The number of hydrogen-bond acceptors (Lipinski definition) is 2. The van der Waals surface area contributed by atoms with Gasteiger partial charge >= 0.3 is 0 Å². The Morgan fingerprint density at radius 1 is 1.22 bits per heavy atom. The van der Waals surface area contributed by atoms with Gasteiger partial charge in [0.05, 0.1) is 5.39 Å². The molecule has 0 atom stereocenters. The summed E-state index contributed by atoms with van der Waals surface area (Å²) >= 11 is 0. The van der Waals surface area contributed by atoms with Crippen LogP contribution in [-0.4, -0.2) is 11.5 Å². The third-order valence-corrected chi connectivity index (χ3v) is 2.94. The first-order chi connectivity index (χ1) is 8.58. The van der Waals surface area contributed by atoms with E-state index < -0.39 is 11.6 Å². The Morgan fingerprint density at radius 3 is 2.56 bits per heavy atom. The van der Waals surface area contributed by atoms with Crippen LogP contribution in [0.3, 0.4) is 0 Å². The molecule has 96 valence electrons. The van der Waals surface area contributed by atoms with Crippen molar-refractivity contribution in [2.24, 2.45) is 0 Å². The van der Waals surface area contributed by atoms with E-state index >= 15 is 0 Å². The summed E-state index contributed by atoms with van der Waals surface area (Å²) in [6.07, 6.45) is 0.684. The van der Waals surface area contributed by atoms with Crippen molar-refractivity contribution >= 4 is 16.6 Å². The second kappa shape index (κ2) is 4.88. The number of aromatic nitrogens is 1. The van der Waals surface area contributed by atoms with E-state index in [9.17, 15) is 8.78 Å². The molecule has 0 aliphatic rings. The van der Waals surface area contributed by atoms with E-state index in [4.69, 9.17) is 0 Å². The van der Waals surface area contributed by atoms with Gasteiger partial charge in [0.15, 0.2) is 0 Å². The lowest BCUT2D eigenvalue weighted by Gasteiger charge is -2.12. The van der Waals surface area contributed by atoms with Gasteiger partial charge in [0.1, 0.15) is 17.2 Å². The first-order valence-corrected chi connectivity index (χ1v) is 6.10. The Morgan fingerprint density at radius 2 is 1.94 bits per heavy atom. The number of fused-ring (bicyclic) bond motifs is 1. The summed E-state index contributed by atoms with van der Waals surface area (Å²) in [5.41, 5.74) is 1.76. The number of aryl methyl sites for hydroxylation is 2. The summed E-state index contributed by atoms with van der Waals surface area (Å²) in [4.78, 5) is 4.18. The summed E-state index contributed by atoms with van der Waals surface area (Å²) in [6, 6.07) is 2.98. The van der Waals surface area contributed by atoms with Gasteiger partial charge < -0.3 is 5.32 Å². The Balaban J connectivity index is 2.86. The molecule has 0 amide bonds. The van der Waals surface area contributed by atoms with Crippen molar-refractivity contribution in [1.29, 1.82) is 0 Å². The van der Waals surface area contributed by atoms with Gasteiger partial charge in [-0.05, 0) is 38.0 Å². The number of pyridine rings is 1. The zero-order chi connectivity index (χ0) is 13.3. The molecule has 2 nitrogen and oxygen atoms in total. The third-order valence-electron chi connectivity index (χ3n) is 2.94. The van der Waals surface area contributed by atoms with Gasteiger partial charge in [-0.2, -0.15) is 0 Å². The summed E-state index contributed by atoms with van der Waals surface area (Å²) in [5, 5.41) is 3.32. The smallest absolute Gasteiger partial charge is 0.149 e. The molecule has 18 heavy (non-hydrogen) atoms. The molecular weight excluding hydrogens is 234 g/mol. The molecule has 2 rings (SSSR count). The van der Waals surface area contributed by atoms with Crippen LogP contribution in [0.15, 0.2) is 12.1 Å². The molecule has 0 aliphatic heterocycles. The van der Waals surface area contributed by atoms with Crippen molar-refractivity contribution in [2.45, 2.75) is 27.2 Å². The molecule has 0 spiro atoms. The number of rotatable bonds is 3. The van der Waals surface area contributed by atoms with Crippen LogP contribution in [0.25, 0.3) is 10.9 Å². The highest BCUT2D eigenvalue weighted by molar-refractivity contribution is 5.93. The molecule has 0 unspecified atom stereocenters. The number of hydrogen-bond donors (Lipinski definition) is 1. The fourth-order valence-electron chi connectivity index (χ4n) is 2.02. The van der Waals surface area contributed by atoms with Gasteiger partial charge in [-0.15, -0.1) is 0 Å². The molecule has 1 aromatic carbocycles. The van der Waals surface area contributed by atoms with Gasteiger partial charge in [0.2, 0.25) is 0 Å². The van der Waals surface area contributed by atoms with Crippen LogP contribution in [0, 0.1) is 18.6 Å². The maximum absolute atomic E-state index is 14.2. The van der Waals surface area contributed by atoms with E-state index in [2.05, 4.69) is 10.3 Å². The van der Waals surface area contributed by atoms with E-state index in [-0.39, 0.29) is 10.9 Å². The second-order valence-corrected chi connectivity index (χ2v) is 4.26. The predicted molar refractivity (Wildman–Crippen MR) is 69.9 cm³/mol. The lowest BCUT2D eigenvalue weighted by atomic mass is 10.1. The minimum Gasteiger partial charge on any atom is -0.385 e. The molecule has 2 aromatic rings. The molecule has 1 aromatic heterocycles. The van der Waals surface area contributed by atoms with Crippen molar-refractivity contribution in [1.82, 2.24) is 4.98 Å². The lowest BCUT2D eigenvalue weighted by Crippen LogP contribution is -2.03. The predicted octanol–water partition coefficient (Wildman–Crippen LogP) is 3.82. The number of halogens is 2. The van der Waals surface area contributed by atoms with Crippen molar-refractivity contribution in [2.75, 3.05) is 11.9 Å². The average molecular weight is 250 g/mol. The maximum Gasteiger partial charge on any atom is 0.149 e. The first kappa shape index (κ1) is 12.7. The minimum absolute atomic E-state index is 0.105. The van der Waals surface area contributed by atoms with E-state index in [1.54, 1.807) is 13.0 Å². The standard InChI is InChI=1S/C14H16F2N2/c1-4-9-7-11(17-5-2)12-13(16)8(3)6-10(15)14(12)18-9/h6-7H,4-5H2,1-3H3,(H,17,18). The van der Waals surface area contributed by atoms with Crippen LogP contribution in [-0.2, 0) is 6.42 Å². The highest BCUT2D eigenvalue weighted by atomic mass is 19.1. The molecule has 1 N–H and O–H groups in total. The molecule has 0 radical (unpaired) electrons. The van der Waals surface area contributed by atoms with Crippen LogP contribution in [0.1, 0.15) is 25.1 Å². The molecule has 0 aliphatic carbocycles. The minimum atomic E-state index is -0.474. The highest BCUT2D eigenvalue weighted by Crippen LogP contribution is 2.30. The van der Waals surface area contributed by atoms with E-state index in [0.29, 0.717) is 24.2 Å². The van der Waals surface area contributed by atoms with Crippen LogP contribution in [0.4, 0.5) is 14.5 Å². The Kier molecular flexibility index (Phi) is 3.45. The molecule has 0 bridgehead atoms. The monoisotopic (exact) mass is 250 g/mol. The average Bonchev–Trinajstić information content (AvgIpc) is 2.35. The van der Waals surface area contributed by atoms with Gasteiger partial charge in [0.25, 0.3) is 0 Å². The number of benzene rings is 1. The van der Waals surface area contributed by atoms with Gasteiger partial charge in [-0.1, -0.05) is 6.92 Å². The second-order valence-electron chi connectivity index (χ2n) is 4.26. The summed E-state index contributed by atoms with van der Waals surface area (Å²) in [6.45, 7) is 6.06. The summed E-state index contributed by atoms with van der Waals surface area (Å²) in [7, 11) is 0. The van der Waals surface area contributed by atoms with Gasteiger partial charge in [-0.3, -0.25) is 0 Å². The highest BCUT2D eigenvalue weighted by Gasteiger charge is 2.15. The maximum atomic E-state index is 14.2. The lowest BCUT2D eigenvalue weighted by molar-refractivity contribution is 0.607. The van der Waals surface area contributed by atoms with Gasteiger partial charge in [0, 0.05) is 17.9 Å². The SMILES string of the molecule is CCNc1cc(CC)nc2c(F)cc(C)c(F)c12. The van der Waals surface area contributed by atoms with Crippen LogP contribution in [0.5, 0.6) is 0 Å². The molecule has 1 heterocycles. The molecule has 0 saturated carbocycles. The molecule has 0 fully saturated rings. The van der Waals surface area contributed by atoms with Crippen LogP contribution < -0.4 is 5.32 Å². The van der Waals surface area contributed by atoms with Crippen molar-refractivity contribution in [3.8, 4) is 0 Å². The first-order valence-electron chi connectivity index (χ1n) is 6.10.